The molecule has 2 atom stereocenters. The van der Waals surface area contributed by atoms with E-state index < -0.39 is 16.8 Å². The molecule has 2 N–H and O–H groups in total. The van der Waals surface area contributed by atoms with Crippen LogP contribution in [0.4, 0.5) is 5.69 Å². The van der Waals surface area contributed by atoms with Crippen molar-refractivity contribution < 1.29 is 29.1 Å². The Hall–Kier alpha value is -2.84. The number of carbonyl (C=O) groups excluding carboxylic acids is 1. The van der Waals surface area contributed by atoms with Gasteiger partial charge in [0.1, 0.15) is 5.75 Å². The number of amides is 1. The van der Waals surface area contributed by atoms with Gasteiger partial charge in [0, 0.05) is 18.2 Å². The van der Waals surface area contributed by atoms with Gasteiger partial charge in [0.25, 0.3) is 5.91 Å². The maximum Gasteiger partial charge on any atom is 0.311 e. The number of methoxy groups -OCH3 is 1. The van der Waals surface area contributed by atoms with E-state index in [0.717, 1.165) is 0 Å². The molecule has 1 fully saturated rings. The van der Waals surface area contributed by atoms with E-state index in [0.29, 0.717) is 19.3 Å². The van der Waals surface area contributed by atoms with Crippen LogP contribution in [0.15, 0.2) is 18.2 Å². The summed E-state index contributed by atoms with van der Waals surface area (Å²) < 4.78 is 10.2. The molecule has 0 radical (unpaired) electrons. The summed E-state index contributed by atoms with van der Waals surface area (Å²) in [6.07, 6.45) is 1.57. The zero-order valence-corrected chi connectivity index (χ0v) is 13.1. The smallest absolute Gasteiger partial charge is 0.311 e. The molecule has 9 nitrogen and oxygen atoms in total. The van der Waals surface area contributed by atoms with Crippen molar-refractivity contribution in [1.82, 2.24) is 5.32 Å². The summed E-state index contributed by atoms with van der Waals surface area (Å²) in [4.78, 5) is 33.0. The summed E-state index contributed by atoms with van der Waals surface area (Å²) in [6, 6.07) is 3.78. The maximum absolute atomic E-state index is 11.9. The summed E-state index contributed by atoms with van der Waals surface area (Å²) in [5.41, 5.74) is -0.194. The van der Waals surface area contributed by atoms with Crippen LogP contribution in [0.25, 0.3) is 0 Å². The van der Waals surface area contributed by atoms with E-state index in [1.165, 1.54) is 25.3 Å². The Morgan fingerprint density at radius 2 is 2.17 bits per heavy atom. The van der Waals surface area contributed by atoms with Crippen LogP contribution < -0.4 is 14.8 Å². The minimum atomic E-state index is -0.846. The van der Waals surface area contributed by atoms with Gasteiger partial charge in [0.2, 0.25) is 5.75 Å². The van der Waals surface area contributed by atoms with Crippen molar-refractivity contribution in [2.45, 2.75) is 25.3 Å². The van der Waals surface area contributed by atoms with Crippen molar-refractivity contribution in [2.24, 2.45) is 5.92 Å². The first-order chi connectivity index (χ1) is 11.4. The molecule has 2 rings (SSSR count). The number of aliphatic carboxylic acids is 1. The van der Waals surface area contributed by atoms with Crippen LogP contribution >= 0.6 is 0 Å². The highest BCUT2D eigenvalue weighted by atomic mass is 16.6. The minimum absolute atomic E-state index is 0.0398. The molecule has 1 aliphatic rings. The van der Waals surface area contributed by atoms with Crippen LogP contribution in [0.3, 0.4) is 0 Å². The van der Waals surface area contributed by atoms with Gasteiger partial charge in [-0.1, -0.05) is 0 Å². The van der Waals surface area contributed by atoms with E-state index in [4.69, 9.17) is 14.6 Å². The van der Waals surface area contributed by atoms with Gasteiger partial charge in [0.05, 0.1) is 18.0 Å². The van der Waals surface area contributed by atoms with Gasteiger partial charge in [-0.3, -0.25) is 19.7 Å². The Kier molecular flexibility index (Phi) is 5.56. The lowest BCUT2D eigenvalue weighted by Gasteiger charge is -2.13. The minimum Gasteiger partial charge on any atom is -0.490 e. The van der Waals surface area contributed by atoms with Crippen molar-refractivity contribution in [3.63, 3.8) is 0 Å². The fourth-order valence-corrected chi connectivity index (χ4v) is 2.65. The number of hydrogen-bond acceptors (Lipinski definition) is 6. The van der Waals surface area contributed by atoms with E-state index in [-0.39, 0.29) is 35.7 Å². The topological polar surface area (TPSA) is 128 Å². The fourth-order valence-electron chi connectivity index (χ4n) is 2.65. The zero-order chi connectivity index (χ0) is 17.7. The SMILES string of the molecule is COc1cc(OCC(=O)N[C@H]2CC[C@@H](C(=O)O)C2)ccc1[N+](=O)[O-]. The molecule has 9 heteroatoms. The van der Waals surface area contributed by atoms with Gasteiger partial charge in [-0.25, -0.2) is 0 Å². The summed E-state index contributed by atoms with van der Waals surface area (Å²) in [5.74, 6) is -1.33. The van der Waals surface area contributed by atoms with Gasteiger partial charge < -0.3 is 19.9 Å². The molecule has 0 aliphatic heterocycles. The van der Waals surface area contributed by atoms with E-state index in [1.807, 2.05) is 0 Å². The average Bonchev–Trinajstić information content (AvgIpc) is 3.01. The number of nitrogens with zero attached hydrogens (tertiary/aromatic N) is 1. The van der Waals surface area contributed by atoms with E-state index in [9.17, 15) is 19.7 Å². The average molecular weight is 338 g/mol. The molecular formula is C15H18N2O7. The molecule has 0 heterocycles. The Balaban J connectivity index is 1.86. The van der Waals surface area contributed by atoms with E-state index in [2.05, 4.69) is 5.32 Å². The van der Waals surface area contributed by atoms with Crippen LogP contribution in [0, 0.1) is 16.0 Å². The van der Waals surface area contributed by atoms with Crippen LogP contribution in [0.1, 0.15) is 19.3 Å². The number of nitro groups is 1. The molecule has 130 valence electrons. The van der Waals surface area contributed by atoms with E-state index in [1.54, 1.807) is 0 Å². The predicted molar refractivity (Wildman–Crippen MR) is 82.1 cm³/mol. The first kappa shape index (κ1) is 17.5. The molecule has 0 aromatic heterocycles. The standard InChI is InChI=1S/C15H18N2O7/c1-23-13-7-11(4-5-12(13)17(21)22)24-8-14(18)16-10-3-2-9(6-10)15(19)20/h4-5,7,9-10H,2-3,6,8H2,1H3,(H,16,18)(H,19,20)/t9-,10+/m1/s1. The highest BCUT2D eigenvalue weighted by Gasteiger charge is 2.30. The van der Waals surface area contributed by atoms with Gasteiger partial charge in [0.15, 0.2) is 6.61 Å². The second kappa shape index (κ2) is 7.62. The number of benzene rings is 1. The number of ether oxygens (including phenoxy) is 2. The lowest BCUT2D eigenvalue weighted by molar-refractivity contribution is -0.385. The Morgan fingerprint density at radius 3 is 2.75 bits per heavy atom. The molecule has 1 aliphatic carbocycles. The maximum atomic E-state index is 11.9. The zero-order valence-electron chi connectivity index (χ0n) is 13.1. The third-order valence-corrected chi connectivity index (χ3v) is 3.86. The van der Waals surface area contributed by atoms with E-state index >= 15 is 0 Å². The Bertz CT molecular complexity index is 647. The van der Waals surface area contributed by atoms with Crippen molar-refractivity contribution in [1.29, 1.82) is 0 Å². The van der Waals surface area contributed by atoms with Crippen LogP contribution in [-0.4, -0.2) is 41.7 Å². The third-order valence-electron chi connectivity index (χ3n) is 3.86. The molecule has 0 spiro atoms. The lowest BCUT2D eigenvalue weighted by Crippen LogP contribution is -2.36. The number of nitrogens with one attached hydrogen (secondary N) is 1. The second-order valence-electron chi connectivity index (χ2n) is 5.49. The van der Waals surface area contributed by atoms with Gasteiger partial charge in [-0.05, 0) is 25.3 Å². The second-order valence-corrected chi connectivity index (χ2v) is 5.49. The van der Waals surface area contributed by atoms with Crippen molar-refractivity contribution in [3.05, 3.63) is 28.3 Å². The van der Waals surface area contributed by atoms with Crippen molar-refractivity contribution in [2.75, 3.05) is 13.7 Å². The monoisotopic (exact) mass is 338 g/mol. The largest absolute Gasteiger partial charge is 0.490 e. The summed E-state index contributed by atoms with van der Waals surface area (Å²) in [5, 5.41) is 22.5. The highest BCUT2D eigenvalue weighted by molar-refractivity contribution is 5.78. The van der Waals surface area contributed by atoms with Crippen molar-refractivity contribution in [3.8, 4) is 11.5 Å². The molecule has 1 aromatic rings. The van der Waals surface area contributed by atoms with Gasteiger partial charge in [-0.15, -0.1) is 0 Å². The first-order valence-corrected chi connectivity index (χ1v) is 7.38. The van der Waals surface area contributed by atoms with Crippen LogP contribution in [0.2, 0.25) is 0 Å². The predicted octanol–water partition coefficient (Wildman–Crippen LogP) is 1.35. The quantitative estimate of drug-likeness (QED) is 0.567. The number of rotatable bonds is 7. The Morgan fingerprint density at radius 1 is 1.42 bits per heavy atom. The summed E-state index contributed by atoms with van der Waals surface area (Å²) in [7, 11) is 1.30. The molecule has 0 bridgehead atoms. The van der Waals surface area contributed by atoms with Gasteiger partial charge >= 0.3 is 11.7 Å². The summed E-state index contributed by atoms with van der Waals surface area (Å²) >= 11 is 0. The lowest BCUT2D eigenvalue weighted by atomic mass is 10.1. The van der Waals surface area contributed by atoms with Gasteiger partial charge in [-0.2, -0.15) is 0 Å². The normalized spacial score (nSPS) is 19.5. The molecule has 1 saturated carbocycles. The van der Waals surface area contributed by atoms with Crippen LogP contribution in [0.5, 0.6) is 11.5 Å². The Labute approximate surface area is 137 Å². The molecule has 1 aromatic carbocycles. The molecular weight excluding hydrogens is 320 g/mol. The fraction of sp³-hybridized carbons (Fsp3) is 0.467. The number of carboxylic acids is 1. The number of carbonyl (C=O) groups is 2. The molecule has 24 heavy (non-hydrogen) atoms. The molecule has 0 unspecified atom stereocenters. The number of nitro benzene ring substituents is 1. The third kappa shape index (κ3) is 4.34. The summed E-state index contributed by atoms with van der Waals surface area (Å²) in [6.45, 7) is -0.269. The number of hydrogen-bond donors (Lipinski definition) is 2. The molecule has 1 amide bonds. The van der Waals surface area contributed by atoms with Crippen molar-refractivity contribution >= 4 is 17.6 Å². The first-order valence-electron chi connectivity index (χ1n) is 7.38. The highest BCUT2D eigenvalue weighted by Crippen LogP contribution is 2.30. The number of carboxylic acid groups (broad SMARTS) is 1. The van der Waals surface area contributed by atoms with Crippen LogP contribution in [-0.2, 0) is 9.59 Å². The molecule has 0 saturated heterocycles.